The number of aryl methyl sites for hydroxylation is 1. The van der Waals surface area contributed by atoms with Gasteiger partial charge in [-0.2, -0.15) is 5.10 Å². The molecule has 37 heavy (non-hydrogen) atoms. The highest BCUT2D eigenvalue weighted by Crippen LogP contribution is 2.34. The van der Waals surface area contributed by atoms with E-state index in [9.17, 15) is 0 Å². The highest BCUT2D eigenvalue weighted by atomic mass is 15.1. The van der Waals surface area contributed by atoms with Gasteiger partial charge in [0.05, 0.1) is 16.6 Å². The van der Waals surface area contributed by atoms with E-state index >= 15 is 0 Å². The zero-order chi connectivity index (χ0) is 25.9. The second-order valence-corrected chi connectivity index (χ2v) is 9.32. The number of likely N-dealkylation sites (N-methyl/N-ethyl adjacent to an activating group) is 1. The Morgan fingerprint density at radius 2 is 1.86 bits per heavy atom. The predicted molar refractivity (Wildman–Crippen MR) is 156 cm³/mol. The number of nitrogens with one attached hydrogen (secondary N) is 3. The van der Waals surface area contributed by atoms with Crippen LogP contribution in [0.5, 0.6) is 0 Å². The number of hydrogen-bond acceptors (Lipinski definition) is 3. The van der Waals surface area contributed by atoms with E-state index in [1.165, 1.54) is 22.3 Å². The average molecular weight is 488 g/mol. The third-order valence-corrected chi connectivity index (χ3v) is 6.96. The maximum Gasteiger partial charge on any atom is 0.159 e. The fraction of sp³-hybridized carbons (Fsp3) is 0.188. The monoisotopic (exact) mass is 487 g/mol. The summed E-state index contributed by atoms with van der Waals surface area (Å²) < 4.78 is 0. The molecule has 0 saturated carbocycles. The van der Waals surface area contributed by atoms with E-state index in [4.69, 9.17) is 4.98 Å². The maximum absolute atomic E-state index is 5.03. The van der Waals surface area contributed by atoms with Gasteiger partial charge in [-0.3, -0.25) is 5.10 Å². The number of aromatic nitrogens is 4. The van der Waals surface area contributed by atoms with Gasteiger partial charge in [0.1, 0.15) is 5.69 Å². The minimum Gasteiger partial charge on any atom is -0.337 e. The molecule has 186 valence electrons. The molecule has 3 aromatic carbocycles. The van der Waals surface area contributed by atoms with Gasteiger partial charge < -0.3 is 10.3 Å². The van der Waals surface area contributed by atoms with Crippen LogP contribution < -0.4 is 5.32 Å². The Bertz CT molecular complexity index is 1640. The summed E-state index contributed by atoms with van der Waals surface area (Å²) in [6, 6.07) is 21.3. The van der Waals surface area contributed by atoms with E-state index in [1.54, 1.807) is 0 Å². The molecule has 0 radical (unpaired) electrons. The first-order valence-corrected chi connectivity index (χ1v) is 12.8. The molecule has 0 fully saturated rings. The minimum absolute atomic E-state index is 0.756. The van der Waals surface area contributed by atoms with Crippen LogP contribution in [0.4, 0.5) is 0 Å². The maximum atomic E-state index is 5.03. The SMILES string of the molecule is C=C/C(CNCC)=C(C)\C(=C/C)c1ccc2[nH]nc(-c3nc4c(-c5ccc(C)cc5)cccc4[nH]3)c2c1. The van der Waals surface area contributed by atoms with Crippen LogP contribution in [0, 0.1) is 6.92 Å². The fourth-order valence-electron chi connectivity index (χ4n) is 4.86. The fourth-order valence-corrected chi connectivity index (χ4v) is 4.86. The highest BCUT2D eigenvalue weighted by molar-refractivity contribution is 5.98. The number of fused-ring (bicyclic) bond motifs is 2. The highest BCUT2D eigenvalue weighted by Gasteiger charge is 2.17. The molecule has 0 bridgehead atoms. The smallest absolute Gasteiger partial charge is 0.159 e. The zero-order valence-corrected chi connectivity index (χ0v) is 21.9. The number of benzene rings is 3. The van der Waals surface area contributed by atoms with Crippen molar-refractivity contribution in [2.45, 2.75) is 27.7 Å². The second kappa shape index (κ2) is 10.4. The lowest BCUT2D eigenvalue weighted by Gasteiger charge is -2.14. The van der Waals surface area contributed by atoms with Gasteiger partial charge in [0.15, 0.2) is 5.82 Å². The van der Waals surface area contributed by atoms with Crippen LogP contribution in [0.15, 0.2) is 90.5 Å². The molecule has 5 nitrogen and oxygen atoms in total. The van der Waals surface area contributed by atoms with Crippen LogP contribution >= 0.6 is 0 Å². The Kier molecular flexibility index (Phi) is 6.89. The van der Waals surface area contributed by atoms with Crippen LogP contribution in [-0.4, -0.2) is 33.3 Å². The van der Waals surface area contributed by atoms with Gasteiger partial charge >= 0.3 is 0 Å². The van der Waals surface area contributed by atoms with Gasteiger partial charge in [0.25, 0.3) is 0 Å². The molecule has 0 amide bonds. The van der Waals surface area contributed by atoms with Crippen molar-refractivity contribution in [3.8, 4) is 22.6 Å². The third kappa shape index (κ3) is 4.66. The van der Waals surface area contributed by atoms with E-state index in [0.717, 1.165) is 63.2 Å². The van der Waals surface area contributed by atoms with Crippen molar-refractivity contribution < 1.29 is 0 Å². The second-order valence-electron chi connectivity index (χ2n) is 9.32. The molecule has 0 unspecified atom stereocenters. The van der Waals surface area contributed by atoms with Crippen LogP contribution in [0.1, 0.15) is 31.9 Å². The van der Waals surface area contributed by atoms with Gasteiger partial charge in [0, 0.05) is 17.5 Å². The number of aromatic amines is 2. The van der Waals surface area contributed by atoms with Gasteiger partial charge in [-0.15, -0.1) is 0 Å². The standard InChI is InChI=1S/C32H33N5/c1-6-22(19-33-8-3)21(5)25(7-2)24-16-17-28-27(18-24)31(37-36-28)32-34-29-11-9-10-26(30(29)35-32)23-14-12-20(4)13-15-23/h6-7,9-18,33H,1,8,19H2,2-5H3,(H,34,35)(H,36,37)/b22-21+,25-7+. The first-order valence-electron chi connectivity index (χ1n) is 12.8. The predicted octanol–water partition coefficient (Wildman–Crippen LogP) is 7.60. The molecule has 0 aliphatic heterocycles. The third-order valence-electron chi connectivity index (χ3n) is 6.96. The molecule has 0 spiro atoms. The summed E-state index contributed by atoms with van der Waals surface area (Å²) in [4.78, 5) is 8.53. The summed E-state index contributed by atoms with van der Waals surface area (Å²) in [6.45, 7) is 14.2. The van der Waals surface area contributed by atoms with E-state index in [-0.39, 0.29) is 0 Å². The number of hydrogen-bond donors (Lipinski definition) is 3. The minimum atomic E-state index is 0.756. The number of allylic oxidation sites excluding steroid dienone is 3. The van der Waals surface area contributed by atoms with Gasteiger partial charge in [0.2, 0.25) is 0 Å². The quantitative estimate of drug-likeness (QED) is 0.197. The molecule has 0 atom stereocenters. The van der Waals surface area contributed by atoms with Crippen molar-refractivity contribution in [1.29, 1.82) is 0 Å². The lowest BCUT2D eigenvalue weighted by molar-refractivity contribution is 0.782. The Hall–Kier alpha value is -4.22. The van der Waals surface area contributed by atoms with Crippen molar-refractivity contribution in [2.24, 2.45) is 0 Å². The van der Waals surface area contributed by atoms with Crippen LogP contribution in [0.25, 0.3) is 50.2 Å². The normalized spacial score (nSPS) is 12.8. The van der Waals surface area contributed by atoms with Crippen LogP contribution in [0.3, 0.4) is 0 Å². The lowest BCUT2D eigenvalue weighted by Crippen LogP contribution is -2.16. The van der Waals surface area contributed by atoms with Crippen molar-refractivity contribution in [1.82, 2.24) is 25.5 Å². The van der Waals surface area contributed by atoms with E-state index in [2.05, 4.69) is 122 Å². The largest absolute Gasteiger partial charge is 0.337 e. The van der Waals surface area contributed by atoms with Gasteiger partial charge in [-0.1, -0.05) is 73.7 Å². The molecule has 5 heteroatoms. The number of rotatable bonds is 8. The molecule has 3 N–H and O–H groups in total. The lowest BCUT2D eigenvalue weighted by atomic mass is 9.93. The summed E-state index contributed by atoms with van der Waals surface area (Å²) in [7, 11) is 0. The Morgan fingerprint density at radius 3 is 2.59 bits per heavy atom. The molecule has 0 aliphatic rings. The number of para-hydroxylation sites is 1. The van der Waals surface area contributed by atoms with Crippen molar-refractivity contribution in [3.05, 3.63) is 102 Å². The van der Waals surface area contributed by atoms with Crippen molar-refractivity contribution in [3.63, 3.8) is 0 Å². The van der Waals surface area contributed by atoms with Gasteiger partial charge in [-0.05, 0) is 73.4 Å². The number of imidazole rings is 1. The molecule has 2 aromatic heterocycles. The summed E-state index contributed by atoms with van der Waals surface area (Å²) in [5, 5.41) is 12.3. The average Bonchev–Trinajstić information content (AvgIpc) is 3.54. The zero-order valence-electron chi connectivity index (χ0n) is 21.9. The molecule has 5 aromatic rings. The van der Waals surface area contributed by atoms with E-state index < -0.39 is 0 Å². The van der Waals surface area contributed by atoms with Crippen molar-refractivity contribution in [2.75, 3.05) is 13.1 Å². The molecule has 0 saturated heterocycles. The Morgan fingerprint density at radius 1 is 1.05 bits per heavy atom. The molecular formula is C32H33N5. The molecule has 5 rings (SSSR count). The summed E-state index contributed by atoms with van der Waals surface area (Å²) in [5.74, 6) is 0.756. The summed E-state index contributed by atoms with van der Waals surface area (Å²) in [5.41, 5.74) is 12.0. The van der Waals surface area contributed by atoms with E-state index in [0.29, 0.717) is 0 Å². The summed E-state index contributed by atoms with van der Waals surface area (Å²) >= 11 is 0. The molecule has 2 heterocycles. The van der Waals surface area contributed by atoms with Crippen LogP contribution in [0.2, 0.25) is 0 Å². The number of nitrogens with zero attached hydrogens (tertiary/aromatic N) is 2. The van der Waals surface area contributed by atoms with Gasteiger partial charge in [-0.25, -0.2) is 4.98 Å². The topological polar surface area (TPSA) is 69.4 Å². The summed E-state index contributed by atoms with van der Waals surface area (Å²) in [6.07, 6.45) is 4.12. The first-order chi connectivity index (χ1) is 18.0. The molecular weight excluding hydrogens is 454 g/mol. The van der Waals surface area contributed by atoms with E-state index in [1.807, 2.05) is 6.08 Å². The first kappa shape index (κ1) is 24.5. The van der Waals surface area contributed by atoms with Crippen LogP contribution in [-0.2, 0) is 0 Å². The Balaban J connectivity index is 1.59. The van der Waals surface area contributed by atoms with Crippen molar-refractivity contribution >= 4 is 27.5 Å². The number of H-pyrrole nitrogens is 2. The molecule has 0 aliphatic carbocycles. The Labute approximate surface area is 218 Å².